The Kier molecular flexibility index (Phi) is 9.02. The Balaban J connectivity index is 1.93. The van der Waals surface area contributed by atoms with Crippen LogP contribution < -0.4 is 9.61 Å². The van der Waals surface area contributed by atoms with E-state index in [4.69, 9.17) is 14.0 Å². The second kappa shape index (κ2) is 11.4. The van der Waals surface area contributed by atoms with Gasteiger partial charge in [-0.05, 0) is 62.5 Å². The molecule has 3 atom stereocenters. The molecule has 1 heterocycles. The topological polar surface area (TPSA) is 77.1 Å². The van der Waals surface area contributed by atoms with Gasteiger partial charge in [-0.2, -0.15) is 0 Å². The number of hydrogen-bond acceptors (Lipinski definition) is 6. The van der Waals surface area contributed by atoms with Gasteiger partial charge in [0.25, 0.3) is 0 Å². The minimum Gasteiger partial charge on any atom is -0.462 e. The van der Waals surface area contributed by atoms with E-state index in [0.29, 0.717) is 43.9 Å². The lowest BCUT2D eigenvalue weighted by atomic mass is 9.90. The number of nitrogens with zero attached hydrogens (tertiary/aromatic N) is 1. The molecule has 1 aliphatic heterocycles. The molecule has 0 radical (unpaired) electrons. The van der Waals surface area contributed by atoms with Crippen molar-refractivity contribution in [2.45, 2.75) is 78.4 Å². The zero-order chi connectivity index (χ0) is 24.2. The summed E-state index contributed by atoms with van der Waals surface area (Å²) in [7, 11) is -3.49. The second-order valence-electron chi connectivity index (χ2n) is 10.0. The van der Waals surface area contributed by atoms with Crippen LogP contribution in [0.1, 0.15) is 77.3 Å². The normalized spacial score (nSPS) is 21.0. The lowest BCUT2D eigenvalue weighted by molar-refractivity contribution is -0.149. The average Bonchev–Trinajstić information content (AvgIpc) is 3.58. The molecule has 3 rings (SSSR count). The van der Waals surface area contributed by atoms with Crippen LogP contribution in [0.3, 0.4) is 0 Å². The summed E-state index contributed by atoms with van der Waals surface area (Å²) in [5.41, 5.74) is 2.14. The first-order valence-corrected chi connectivity index (χ1v) is 14.1. The average molecular weight is 481 g/mol. The van der Waals surface area contributed by atoms with Crippen LogP contribution in [0.5, 0.6) is 5.75 Å². The van der Waals surface area contributed by atoms with Crippen molar-refractivity contribution >= 4 is 13.5 Å². The van der Waals surface area contributed by atoms with E-state index in [0.717, 1.165) is 11.1 Å². The number of carbonyl (C=O) groups is 1. The van der Waals surface area contributed by atoms with Gasteiger partial charge in [-0.15, -0.1) is 0 Å². The molecule has 1 aromatic rings. The minimum absolute atomic E-state index is 0.208. The Morgan fingerprint density at radius 3 is 2.33 bits per heavy atom. The van der Waals surface area contributed by atoms with Crippen molar-refractivity contribution < 1.29 is 23.4 Å². The lowest BCUT2D eigenvalue weighted by Crippen LogP contribution is -2.42. The van der Waals surface area contributed by atoms with E-state index in [1.807, 2.05) is 0 Å². The van der Waals surface area contributed by atoms with Gasteiger partial charge in [-0.1, -0.05) is 39.0 Å². The molecular weight excluding hydrogens is 439 g/mol. The molecule has 1 aromatic carbocycles. The summed E-state index contributed by atoms with van der Waals surface area (Å²) in [5, 5.41) is 3.05. The maximum atomic E-state index is 14.4. The molecular formula is C25H41N2O5P. The van der Waals surface area contributed by atoms with Crippen LogP contribution >= 0.6 is 7.52 Å². The number of ether oxygens (including phenoxy) is 2. The summed E-state index contributed by atoms with van der Waals surface area (Å²) in [6.45, 7) is 14.3. The SMILES string of the molecule is CC(C)OC(=O)[C@H](C)NP(=O)(CN1CCOCC1)Oc1c(C(C)C)cccc1[C@H](C)C1CC1. The lowest BCUT2D eigenvalue weighted by Gasteiger charge is -2.33. The van der Waals surface area contributed by atoms with E-state index >= 15 is 0 Å². The van der Waals surface area contributed by atoms with Gasteiger partial charge in [0.1, 0.15) is 18.1 Å². The van der Waals surface area contributed by atoms with Gasteiger partial charge < -0.3 is 14.0 Å². The molecule has 0 aromatic heterocycles. The molecule has 1 unspecified atom stereocenters. The fourth-order valence-electron chi connectivity index (χ4n) is 4.27. The first kappa shape index (κ1) is 26.2. The van der Waals surface area contributed by atoms with Crippen LogP contribution in [0.4, 0.5) is 0 Å². The van der Waals surface area contributed by atoms with Gasteiger partial charge in [-0.3, -0.25) is 14.3 Å². The van der Waals surface area contributed by atoms with Gasteiger partial charge in [0, 0.05) is 13.1 Å². The first-order valence-electron chi connectivity index (χ1n) is 12.3. The van der Waals surface area contributed by atoms with Crippen molar-refractivity contribution in [1.82, 2.24) is 9.99 Å². The van der Waals surface area contributed by atoms with E-state index in [1.54, 1.807) is 20.8 Å². The summed E-state index contributed by atoms with van der Waals surface area (Å²) in [6, 6.07) is 5.47. The number of benzene rings is 1. The highest BCUT2D eigenvalue weighted by molar-refractivity contribution is 7.57. The second-order valence-corrected chi connectivity index (χ2v) is 12.1. The van der Waals surface area contributed by atoms with Crippen molar-refractivity contribution in [3.05, 3.63) is 29.3 Å². The van der Waals surface area contributed by atoms with E-state index < -0.39 is 19.5 Å². The molecule has 7 nitrogen and oxygen atoms in total. The zero-order valence-electron chi connectivity index (χ0n) is 21.0. The van der Waals surface area contributed by atoms with Crippen LogP contribution in [0.25, 0.3) is 0 Å². The van der Waals surface area contributed by atoms with Crippen LogP contribution in [-0.2, 0) is 18.8 Å². The molecule has 1 aliphatic carbocycles. The molecule has 2 fully saturated rings. The zero-order valence-corrected chi connectivity index (χ0v) is 21.9. The molecule has 186 valence electrons. The summed E-state index contributed by atoms with van der Waals surface area (Å²) in [5.74, 6) is 1.46. The minimum atomic E-state index is -3.49. The van der Waals surface area contributed by atoms with Gasteiger partial charge in [0.15, 0.2) is 0 Å². The smallest absolute Gasteiger partial charge is 0.331 e. The molecule has 1 saturated heterocycles. The van der Waals surface area contributed by atoms with Crippen LogP contribution in [0.2, 0.25) is 0 Å². The van der Waals surface area contributed by atoms with Crippen LogP contribution in [-0.4, -0.2) is 55.6 Å². The largest absolute Gasteiger partial charge is 0.462 e. The molecule has 8 heteroatoms. The highest BCUT2D eigenvalue weighted by Crippen LogP contribution is 2.52. The Labute approximate surface area is 199 Å². The Morgan fingerprint density at radius 1 is 1.12 bits per heavy atom. The number of carbonyl (C=O) groups excluding carboxylic acids is 1. The molecule has 0 amide bonds. The quantitative estimate of drug-likeness (QED) is 0.348. The van der Waals surface area contributed by atoms with E-state index in [2.05, 4.69) is 49.0 Å². The number of nitrogens with one attached hydrogen (secondary N) is 1. The fourth-order valence-corrected chi connectivity index (χ4v) is 6.48. The molecule has 1 saturated carbocycles. The van der Waals surface area contributed by atoms with Gasteiger partial charge in [0.2, 0.25) is 0 Å². The van der Waals surface area contributed by atoms with Crippen molar-refractivity contribution in [1.29, 1.82) is 0 Å². The van der Waals surface area contributed by atoms with Gasteiger partial charge in [-0.25, -0.2) is 5.09 Å². The molecule has 1 N–H and O–H groups in total. The van der Waals surface area contributed by atoms with E-state index in [1.165, 1.54) is 12.8 Å². The number of hydrogen-bond donors (Lipinski definition) is 1. The number of esters is 1. The summed E-state index contributed by atoms with van der Waals surface area (Å²) in [6.07, 6.45) is 2.40. The molecule has 33 heavy (non-hydrogen) atoms. The third kappa shape index (κ3) is 7.29. The molecule has 0 bridgehead atoms. The van der Waals surface area contributed by atoms with Crippen LogP contribution in [0, 0.1) is 5.92 Å². The van der Waals surface area contributed by atoms with E-state index in [-0.39, 0.29) is 18.3 Å². The number of morpholine rings is 1. The predicted octanol–water partition coefficient (Wildman–Crippen LogP) is 5.11. The number of rotatable bonds is 11. The highest BCUT2D eigenvalue weighted by Gasteiger charge is 2.37. The summed E-state index contributed by atoms with van der Waals surface area (Å²) < 4.78 is 31.7. The monoisotopic (exact) mass is 480 g/mol. The first-order chi connectivity index (χ1) is 15.6. The fraction of sp³-hybridized carbons (Fsp3) is 0.720. The van der Waals surface area contributed by atoms with Crippen molar-refractivity contribution in [3.8, 4) is 5.75 Å². The third-order valence-corrected chi connectivity index (χ3v) is 8.37. The highest BCUT2D eigenvalue weighted by atomic mass is 31.2. The van der Waals surface area contributed by atoms with Gasteiger partial charge >= 0.3 is 13.5 Å². The third-order valence-electron chi connectivity index (χ3n) is 6.34. The predicted molar refractivity (Wildman–Crippen MR) is 131 cm³/mol. The van der Waals surface area contributed by atoms with Gasteiger partial charge in [0.05, 0.1) is 19.3 Å². The Hall–Kier alpha value is -1.40. The summed E-state index contributed by atoms with van der Waals surface area (Å²) >= 11 is 0. The number of para-hydroxylation sites is 1. The van der Waals surface area contributed by atoms with Crippen molar-refractivity contribution in [2.75, 3.05) is 32.6 Å². The Bertz CT molecular complexity index is 849. The molecule has 0 spiro atoms. The maximum Gasteiger partial charge on any atom is 0.331 e. The standard InChI is InChI=1S/C25H41N2O5P/c1-17(2)22-8-7-9-23(19(5)21-10-11-21)24(22)32-33(29,16-27-12-14-30-15-13-27)26-20(6)25(28)31-18(3)4/h7-9,17-21H,10-16H2,1-6H3,(H,26,29)/t19-,20+,33?/m1/s1. The van der Waals surface area contributed by atoms with Crippen molar-refractivity contribution in [2.24, 2.45) is 5.92 Å². The van der Waals surface area contributed by atoms with E-state index in [9.17, 15) is 9.36 Å². The molecule has 2 aliphatic rings. The summed E-state index contributed by atoms with van der Waals surface area (Å²) in [4.78, 5) is 14.6. The maximum absolute atomic E-state index is 14.4. The van der Waals surface area contributed by atoms with Crippen molar-refractivity contribution in [3.63, 3.8) is 0 Å². The van der Waals surface area contributed by atoms with Crippen LogP contribution in [0.15, 0.2) is 18.2 Å². The Morgan fingerprint density at radius 2 is 1.76 bits per heavy atom.